The third-order valence-corrected chi connectivity index (χ3v) is 6.05. The summed E-state index contributed by atoms with van der Waals surface area (Å²) in [6.45, 7) is 3.46. The molecule has 35 heavy (non-hydrogen) atoms. The fourth-order valence-electron chi connectivity index (χ4n) is 3.93. The number of benzene rings is 2. The summed E-state index contributed by atoms with van der Waals surface area (Å²) in [5, 5.41) is 17.5. The third kappa shape index (κ3) is 5.35. The van der Waals surface area contributed by atoms with E-state index < -0.39 is 11.4 Å². The van der Waals surface area contributed by atoms with E-state index in [1.54, 1.807) is 20.0 Å². The molecule has 0 saturated heterocycles. The second-order valence-electron chi connectivity index (χ2n) is 9.59. The van der Waals surface area contributed by atoms with Gasteiger partial charge in [-0.1, -0.05) is 42.5 Å². The highest BCUT2D eigenvalue weighted by Crippen LogP contribution is 2.39. The van der Waals surface area contributed by atoms with Gasteiger partial charge in [-0.3, -0.25) is 9.48 Å². The number of nitrogens with zero attached hydrogens (tertiary/aromatic N) is 3. The van der Waals surface area contributed by atoms with Crippen molar-refractivity contribution in [3.63, 3.8) is 0 Å². The Morgan fingerprint density at radius 1 is 1.11 bits per heavy atom. The second-order valence-corrected chi connectivity index (χ2v) is 9.59. The maximum absolute atomic E-state index is 11.5. The fourth-order valence-corrected chi connectivity index (χ4v) is 3.93. The molecule has 178 valence electrons. The van der Waals surface area contributed by atoms with Gasteiger partial charge in [0, 0.05) is 23.5 Å². The van der Waals surface area contributed by atoms with Gasteiger partial charge in [-0.15, -0.1) is 0 Å². The molecule has 7 heteroatoms. The van der Waals surface area contributed by atoms with Crippen molar-refractivity contribution in [1.29, 1.82) is 0 Å². The van der Waals surface area contributed by atoms with Crippen LogP contribution in [0.3, 0.4) is 0 Å². The predicted molar refractivity (Wildman–Crippen MR) is 135 cm³/mol. The highest BCUT2D eigenvalue weighted by Gasteiger charge is 2.28. The molecule has 2 aromatic heterocycles. The second kappa shape index (κ2) is 9.25. The molecule has 1 aliphatic carbocycles. The highest BCUT2D eigenvalue weighted by molar-refractivity contribution is 5.74. The molecule has 0 bridgehead atoms. The van der Waals surface area contributed by atoms with Gasteiger partial charge in [-0.2, -0.15) is 5.10 Å². The zero-order valence-electron chi connectivity index (χ0n) is 19.8. The van der Waals surface area contributed by atoms with Crippen molar-refractivity contribution in [2.75, 3.05) is 5.32 Å². The molecular formula is C28H28N4O3. The van der Waals surface area contributed by atoms with Crippen molar-refractivity contribution < 1.29 is 14.6 Å². The first-order chi connectivity index (χ1) is 16.9. The molecule has 0 aliphatic heterocycles. The van der Waals surface area contributed by atoms with E-state index >= 15 is 0 Å². The minimum absolute atomic E-state index is 0.432. The molecule has 2 N–H and O–H groups in total. The van der Waals surface area contributed by atoms with Crippen LogP contribution < -0.4 is 10.1 Å². The van der Waals surface area contributed by atoms with Gasteiger partial charge in [-0.25, -0.2) is 4.98 Å². The van der Waals surface area contributed by atoms with Crippen molar-refractivity contribution >= 4 is 17.5 Å². The normalized spacial score (nSPS) is 13.4. The average molecular weight is 469 g/mol. The van der Waals surface area contributed by atoms with Crippen molar-refractivity contribution in [2.45, 2.75) is 39.2 Å². The molecule has 1 aliphatic rings. The number of anilines is 2. The van der Waals surface area contributed by atoms with Crippen LogP contribution in [0.25, 0.3) is 11.3 Å². The lowest BCUT2D eigenvalue weighted by Crippen LogP contribution is -2.26. The number of nitrogens with one attached hydrogen (secondary N) is 1. The first-order valence-electron chi connectivity index (χ1n) is 11.8. The van der Waals surface area contributed by atoms with E-state index in [-0.39, 0.29) is 0 Å². The van der Waals surface area contributed by atoms with Crippen LogP contribution in [0.5, 0.6) is 11.5 Å². The highest BCUT2D eigenvalue weighted by atomic mass is 16.5. The zero-order valence-corrected chi connectivity index (χ0v) is 19.8. The Balaban J connectivity index is 1.36. The van der Waals surface area contributed by atoms with Gasteiger partial charge in [0.15, 0.2) is 5.75 Å². The Morgan fingerprint density at radius 3 is 2.66 bits per heavy atom. The summed E-state index contributed by atoms with van der Waals surface area (Å²) in [6.07, 6.45) is 6.38. The first kappa shape index (κ1) is 22.7. The molecule has 2 heterocycles. The molecule has 0 atom stereocenters. The Kier molecular flexibility index (Phi) is 5.99. The van der Waals surface area contributed by atoms with E-state index in [2.05, 4.69) is 10.3 Å². The van der Waals surface area contributed by atoms with Gasteiger partial charge in [0.25, 0.3) is 0 Å². The monoisotopic (exact) mass is 468 g/mol. The number of carboxylic acids is 1. The number of aliphatic carboxylic acids is 1. The molecule has 1 saturated carbocycles. The number of pyridine rings is 1. The summed E-state index contributed by atoms with van der Waals surface area (Å²) in [4.78, 5) is 15.9. The molecule has 5 rings (SSSR count). The molecule has 7 nitrogen and oxygen atoms in total. The van der Waals surface area contributed by atoms with E-state index in [0.29, 0.717) is 29.8 Å². The van der Waals surface area contributed by atoms with Gasteiger partial charge in [0.2, 0.25) is 0 Å². The summed E-state index contributed by atoms with van der Waals surface area (Å²) in [5.74, 6) is 1.17. The Morgan fingerprint density at radius 2 is 1.91 bits per heavy atom. The lowest BCUT2D eigenvalue weighted by Gasteiger charge is -2.19. The minimum atomic E-state index is -0.841. The minimum Gasteiger partial charge on any atom is -0.481 e. The number of hydrogen-bond donors (Lipinski definition) is 2. The predicted octanol–water partition coefficient (Wildman–Crippen LogP) is 6.47. The molecule has 0 spiro atoms. The van der Waals surface area contributed by atoms with Gasteiger partial charge in [0.05, 0.1) is 17.7 Å². The van der Waals surface area contributed by atoms with Crippen molar-refractivity contribution in [3.8, 4) is 22.8 Å². The number of hydrogen-bond acceptors (Lipinski definition) is 5. The molecular weight excluding hydrogens is 440 g/mol. The molecule has 0 radical (unpaired) electrons. The largest absolute Gasteiger partial charge is 0.481 e. The van der Waals surface area contributed by atoms with Crippen LogP contribution in [-0.4, -0.2) is 25.8 Å². The van der Waals surface area contributed by atoms with E-state index in [1.807, 2.05) is 77.6 Å². The lowest BCUT2D eigenvalue weighted by atomic mass is 9.86. The van der Waals surface area contributed by atoms with Gasteiger partial charge >= 0.3 is 5.97 Å². The molecule has 2 aromatic carbocycles. The third-order valence-electron chi connectivity index (χ3n) is 6.05. The van der Waals surface area contributed by atoms with Gasteiger partial charge in [-0.05, 0) is 56.9 Å². The van der Waals surface area contributed by atoms with Gasteiger partial charge in [0.1, 0.15) is 17.3 Å². The first-order valence-corrected chi connectivity index (χ1v) is 11.8. The van der Waals surface area contributed by atoms with Crippen molar-refractivity contribution in [1.82, 2.24) is 14.8 Å². The van der Waals surface area contributed by atoms with Gasteiger partial charge < -0.3 is 15.2 Å². The number of aromatic nitrogens is 3. The van der Waals surface area contributed by atoms with E-state index in [0.717, 1.165) is 35.3 Å². The van der Waals surface area contributed by atoms with E-state index in [1.165, 1.54) is 0 Å². The standard InChI is InChI=1S/C28H28N4O3/c1-28(2,27(33)34)17-19-7-6-10-21(15-19)30-25-16-23(13-14-29-25)35-24-18-32(22-11-12-22)31-26(24)20-8-4-3-5-9-20/h3-10,13-16,18,22H,11-12,17H2,1-2H3,(H,29,30)(H,33,34). The quantitative estimate of drug-likeness (QED) is 0.293. The van der Waals surface area contributed by atoms with E-state index in [4.69, 9.17) is 9.84 Å². The smallest absolute Gasteiger partial charge is 0.309 e. The van der Waals surface area contributed by atoms with Crippen LogP contribution in [0.4, 0.5) is 11.5 Å². The van der Waals surface area contributed by atoms with Crippen LogP contribution in [0.15, 0.2) is 79.1 Å². The number of carboxylic acid groups (broad SMARTS) is 1. The topological polar surface area (TPSA) is 89.3 Å². The molecule has 1 fully saturated rings. The lowest BCUT2D eigenvalue weighted by molar-refractivity contribution is -0.146. The van der Waals surface area contributed by atoms with Crippen molar-refractivity contribution in [3.05, 3.63) is 84.7 Å². The van der Waals surface area contributed by atoms with E-state index in [9.17, 15) is 9.90 Å². The maximum atomic E-state index is 11.5. The van der Waals surface area contributed by atoms with Crippen LogP contribution in [0.1, 0.15) is 38.3 Å². The summed E-state index contributed by atoms with van der Waals surface area (Å²) in [5.41, 5.74) is 2.76. The Labute approximate surface area is 204 Å². The van der Waals surface area contributed by atoms with Crippen LogP contribution in [-0.2, 0) is 11.2 Å². The number of ether oxygens (including phenoxy) is 1. The van der Waals surface area contributed by atoms with Crippen LogP contribution >= 0.6 is 0 Å². The summed E-state index contributed by atoms with van der Waals surface area (Å²) in [7, 11) is 0. The zero-order chi connectivity index (χ0) is 24.4. The Bertz CT molecular complexity index is 1340. The Hall–Kier alpha value is -4.13. The summed E-state index contributed by atoms with van der Waals surface area (Å²) >= 11 is 0. The van der Waals surface area contributed by atoms with Crippen LogP contribution in [0, 0.1) is 5.41 Å². The maximum Gasteiger partial charge on any atom is 0.309 e. The van der Waals surface area contributed by atoms with Crippen LogP contribution in [0.2, 0.25) is 0 Å². The average Bonchev–Trinajstić information content (AvgIpc) is 3.60. The summed E-state index contributed by atoms with van der Waals surface area (Å²) < 4.78 is 8.29. The molecule has 4 aromatic rings. The van der Waals surface area contributed by atoms with Crippen molar-refractivity contribution in [2.24, 2.45) is 5.41 Å². The molecule has 0 unspecified atom stereocenters. The SMILES string of the molecule is CC(C)(Cc1cccc(Nc2cc(Oc3cn(C4CC4)nc3-c3ccccc3)ccn2)c1)C(=O)O. The number of rotatable bonds is 9. The number of carbonyl (C=O) groups is 1. The fraction of sp³-hybridized carbons (Fsp3) is 0.250. The summed E-state index contributed by atoms with van der Waals surface area (Å²) in [6, 6.07) is 21.9. The molecule has 0 amide bonds.